The van der Waals surface area contributed by atoms with Gasteiger partial charge >= 0.3 is 0 Å². The van der Waals surface area contributed by atoms with Crippen molar-refractivity contribution in [1.82, 2.24) is 10.6 Å². The maximum absolute atomic E-state index is 12.3. The Balaban J connectivity index is 1.44. The lowest BCUT2D eigenvalue weighted by Gasteiger charge is -2.14. The van der Waals surface area contributed by atoms with Crippen molar-refractivity contribution in [3.8, 4) is 5.75 Å². The molecule has 0 bridgehead atoms. The van der Waals surface area contributed by atoms with E-state index >= 15 is 0 Å². The Bertz CT molecular complexity index is 590. The molecule has 2 fully saturated rings. The highest BCUT2D eigenvalue weighted by molar-refractivity contribution is 5.79. The lowest BCUT2D eigenvalue weighted by molar-refractivity contribution is -0.125. The first-order valence-electron chi connectivity index (χ1n) is 9.49. The van der Waals surface area contributed by atoms with Gasteiger partial charge in [-0.25, -0.2) is 0 Å². The van der Waals surface area contributed by atoms with E-state index in [4.69, 9.17) is 4.74 Å². The minimum Gasteiger partial charge on any atom is -0.484 e. The van der Waals surface area contributed by atoms with Gasteiger partial charge in [-0.15, -0.1) is 0 Å². The molecule has 2 aliphatic rings. The molecule has 0 unspecified atom stereocenters. The summed E-state index contributed by atoms with van der Waals surface area (Å²) in [6, 6.07) is 7.92. The van der Waals surface area contributed by atoms with E-state index in [1.807, 2.05) is 24.3 Å². The third kappa shape index (κ3) is 6.07. The zero-order chi connectivity index (χ0) is 17.5. The van der Waals surface area contributed by atoms with E-state index in [0.29, 0.717) is 18.3 Å². The van der Waals surface area contributed by atoms with Crippen molar-refractivity contribution in [1.29, 1.82) is 0 Å². The van der Waals surface area contributed by atoms with Gasteiger partial charge in [0, 0.05) is 18.5 Å². The van der Waals surface area contributed by atoms with Gasteiger partial charge in [-0.1, -0.05) is 37.8 Å². The van der Waals surface area contributed by atoms with Crippen molar-refractivity contribution < 1.29 is 14.3 Å². The molecule has 1 aromatic carbocycles. The number of amides is 2. The average molecular weight is 344 g/mol. The van der Waals surface area contributed by atoms with Gasteiger partial charge in [0.25, 0.3) is 5.91 Å². The molecule has 3 rings (SSSR count). The number of hydrogen-bond donors (Lipinski definition) is 2. The van der Waals surface area contributed by atoms with Crippen LogP contribution >= 0.6 is 0 Å². The van der Waals surface area contributed by atoms with E-state index in [2.05, 4.69) is 10.6 Å². The first kappa shape index (κ1) is 17.8. The highest BCUT2D eigenvalue weighted by atomic mass is 16.5. The third-order valence-electron chi connectivity index (χ3n) is 4.90. The molecule has 0 saturated heterocycles. The second kappa shape index (κ2) is 8.88. The second-order valence-electron chi connectivity index (χ2n) is 7.18. The minimum atomic E-state index is -0.0745. The smallest absolute Gasteiger partial charge is 0.258 e. The summed E-state index contributed by atoms with van der Waals surface area (Å²) in [4.78, 5) is 24.0. The molecular weight excluding hydrogens is 316 g/mol. The summed E-state index contributed by atoms with van der Waals surface area (Å²) >= 11 is 0. The lowest BCUT2D eigenvalue weighted by atomic mass is 9.99. The van der Waals surface area contributed by atoms with Crippen LogP contribution in [-0.4, -0.2) is 24.5 Å². The molecule has 2 saturated carbocycles. The van der Waals surface area contributed by atoms with Crippen LogP contribution in [0.1, 0.15) is 56.9 Å². The molecular formula is C20H28N2O3. The number of rotatable bonds is 7. The summed E-state index contributed by atoms with van der Waals surface area (Å²) in [6.07, 6.45) is 8.96. The number of hydrogen-bond acceptors (Lipinski definition) is 3. The molecule has 0 atom stereocenters. The molecule has 2 N–H and O–H groups in total. The van der Waals surface area contributed by atoms with E-state index in [1.54, 1.807) is 0 Å². The Kier molecular flexibility index (Phi) is 6.31. The molecule has 5 nitrogen and oxygen atoms in total. The molecule has 2 aliphatic carbocycles. The number of carbonyl (C=O) groups excluding carboxylic acids is 2. The summed E-state index contributed by atoms with van der Waals surface area (Å²) < 4.78 is 5.55. The van der Waals surface area contributed by atoms with Crippen molar-refractivity contribution in [2.75, 3.05) is 6.61 Å². The van der Waals surface area contributed by atoms with E-state index in [0.717, 1.165) is 44.1 Å². The summed E-state index contributed by atoms with van der Waals surface area (Å²) in [7, 11) is 0. The SMILES string of the molecule is O=C(COc1cccc(CNC(=O)C2CCCCCC2)c1)NC1CC1. The summed E-state index contributed by atoms with van der Waals surface area (Å²) in [5.41, 5.74) is 0.988. The van der Waals surface area contributed by atoms with Crippen LogP contribution in [0.25, 0.3) is 0 Å². The first-order chi connectivity index (χ1) is 12.2. The molecule has 0 radical (unpaired) electrons. The van der Waals surface area contributed by atoms with Gasteiger partial charge in [0.2, 0.25) is 5.91 Å². The Hall–Kier alpha value is -2.04. The van der Waals surface area contributed by atoms with Gasteiger partial charge in [-0.2, -0.15) is 0 Å². The standard InChI is InChI=1S/C20H28N2O3/c23-19(22-17-10-11-17)14-25-18-9-5-6-15(12-18)13-21-20(24)16-7-3-1-2-4-8-16/h5-6,9,12,16-17H,1-4,7-8,10-11,13-14H2,(H,21,24)(H,22,23). The highest BCUT2D eigenvalue weighted by Crippen LogP contribution is 2.23. The van der Waals surface area contributed by atoms with Gasteiger partial charge in [0.15, 0.2) is 6.61 Å². The molecule has 0 aliphatic heterocycles. The van der Waals surface area contributed by atoms with Crippen molar-refractivity contribution in [3.05, 3.63) is 29.8 Å². The largest absolute Gasteiger partial charge is 0.484 e. The minimum absolute atomic E-state index is 0.0361. The van der Waals surface area contributed by atoms with Crippen LogP contribution in [-0.2, 0) is 16.1 Å². The molecule has 5 heteroatoms. The number of benzene rings is 1. The maximum Gasteiger partial charge on any atom is 0.258 e. The number of nitrogens with one attached hydrogen (secondary N) is 2. The monoisotopic (exact) mass is 344 g/mol. The predicted octanol–water partition coefficient (Wildman–Crippen LogP) is 2.93. The van der Waals surface area contributed by atoms with Crippen LogP contribution in [0.2, 0.25) is 0 Å². The number of ether oxygens (including phenoxy) is 1. The fourth-order valence-corrected chi connectivity index (χ4v) is 3.27. The summed E-state index contributed by atoms with van der Waals surface area (Å²) in [5.74, 6) is 0.909. The van der Waals surface area contributed by atoms with E-state index in [9.17, 15) is 9.59 Å². The van der Waals surface area contributed by atoms with E-state index in [-0.39, 0.29) is 24.3 Å². The molecule has 1 aromatic rings. The summed E-state index contributed by atoms with van der Waals surface area (Å²) in [5, 5.41) is 5.95. The van der Waals surface area contributed by atoms with Crippen LogP contribution in [0.15, 0.2) is 24.3 Å². The van der Waals surface area contributed by atoms with Crippen LogP contribution in [0.4, 0.5) is 0 Å². The molecule has 136 valence electrons. The van der Waals surface area contributed by atoms with Gasteiger partial charge in [0.05, 0.1) is 0 Å². The van der Waals surface area contributed by atoms with E-state index < -0.39 is 0 Å². The fraction of sp³-hybridized carbons (Fsp3) is 0.600. The average Bonchev–Trinajstić information content (AvgIpc) is 3.45. The fourth-order valence-electron chi connectivity index (χ4n) is 3.27. The predicted molar refractivity (Wildman–Crippen MR) is 96.1 cm³/mol. The Morgan fingerprint density at radius 3 is 2.52 bits per heavy atom. The van der Waals surface area contributed by atoms with Crippen LogP contribution in [0.5, 0.6) is 5.75 Å². The van der Waals surface area contributed by atoms with Crippen LogP contribution in [0.3, 0.4) is 0 Å². The van der Waals surface area contributed by atoms with Gasteiger partial charge in [-0.05, 0) is 43.4 Å². The van der Waals surface area contributed by atoms with Gasteiger partial charge in [0.1, 0.15) is 5.75 Å². The maximum atomic E-state index is 12.3. The molecule has 25 heavy (non-hydrogen) atoms. The van der Waals surface area contributed by atoms with E-state index in [1.165, 1.54) is 12.8 Å². The Morgan fingerprint density at radius 2 is 1.80 bits per heavy atom. The van der Waals surface area contributed by atoms with Crippen LogP contribution < -0.4 is 15.4 Å². The molecule has 0 spiro atoms. The topological polar surface area (TPSA) is 67.4 Å². The van der Waals surface area contributed by atoms with Crippen molar-refractivity contribution in [2.24, 2.45) is 5.92 Å². The highest BCUT2D eigenvalue weighted by Gasteiger charge is 2.23. The Morgan fingerprint density at radius 1 is 1.04 bits per heavy atom. The van der Waals surface area contributed by atoms with Crippen molar-refractivity contribution >= 4 is 11.8 Å². The number of carbonyl (C=O) groups is 2. The Labute approximate surface area is 149 Å². The first-order valence-corrected chi connectivity index (χ1v) is 9.49. The van der Waals surface area contributed by atoms with Crippen molar-refractivity contribution in [2.45, 2.75) is 64.0 Å². The molecule has 0 heterocycles. The third-order valence-corrected chi connectivity index (χ3v) is 4.90. The zero-order valence-corrected chi connectivity index (χ0v) is 14.8. The van der Waals surface area contributed by atoms with Crippen LogP contribution in [0, 0.1) is 5.92 Å². The van der Waals surface area contributed by atoms with Gasteiger partial charge < -0.3 is 15.4 Å². The van der Waals surface area contributed by atoms with Gasteiger partial charge in [-0.3, -0.25) is 9.59 Å². The van der Waals surface area contributed by atoms with Crippen molar-refractivity contribution in [3.63, 3.8) is 0 Å². The molecule has 2 amide bonds. The normalized spacial score (nSPS) is 18.2. The zero-order valence-electron chi connectivity index (χ0n) is 14.8. The summed E-state index contributed by atoms with van der Waals surface area (Å²) in [6.45, 7) is 0.537. The quantitative estimate of drug-likeness (QED) is 0.747. The second-order valence-corrected chi connectivity index (χ2v) is 7.18. The molecule has 0 aromatic heterocycles. The lowest BCUT2D eigenvalue weighted by Crippen LogP contribution is -2.30.